The number of nitrogens with one attached hydrogen (secondary N) is 3. The molecule has 18 heavy (non-hydrogen) atoms. The van der Waals surface area contributed by atoms with Gasteiger partial charge < -0.3 is 10.1 Å². The lowest BCUT2D eigenvalue weighted by Crippen LogP contribution is -2.38. The zero-order valence-corrected chi connectivity index (χ0v) is 9.97. The summed E-state index contributed by atoms with van der Waals surface area (Å²) in [6.45, 7) is 1.99. The molecule has 0 amide bonds. The van der Waals surface area contributed by atoms with Crippen molar-refractivity contribution in [2.24, 2.45) is 0 Å². The molecule has 0 saturated carbocycles. The van der Waals surface area contributed by atoms with Crippen LogP contribution in [0.15, 0.2) is 30.5 Å². The number of rotatable bonds is 2. The number of hydrazine groups is 1. The van der Waals surface area contributed by atoms with Crippen LogP contribution in [0.1, 0.15) is 18.4 Å². The molecule has 2 aromatic rings. The number of H-pyrrole nitrogens is 1. The van der Waals surface area contributed by atoms with Crippen LogP contribution < -0.4 is 10.9 Å². The molecule has 4 N–H and O–H groups in total. The van der Waals surface area contributed by atoms with Gasteiger partial charge in [-0.05, 0) is 18.6 Å². The summed E-state index contributed by atoms with van der Waals surface area (Å²) < 4.78 is 0. The molecule has 94 valence electrons. The molecule has 1 aromatic carbocycles. The third kappa shape index (κ3) is 1.60. The summed E-state index contributed by atoms with van der Waals surface area (Å²) in [6.07, 6.45) is 1.91. The maximum atomic E-state index is 11.3. The first kappa shape index (κ1) is 11.3. The number of aromatic nitrogens is 1. The molecule has 5 nitrogen and oxygen atoms in total. The van der Waals surface area contributed by atoms with E-state index in [9.17, 15) is 9.90 Å². The standard InChI is InChI=1S/C13H15N3O2/c1-7-11(12(13(17)18)16-15-7)9-6-14-10-5-3-2-4-8(9)10/h2-7,11-12,14-16H,1H3,(H,17,18). The maximum absolute atomic E-state index is 11.3. The van der Waals surface area contributed by atoms with Crippen LogP contribution in [0.2, 0.25) is 0 Å². The van der Waals surface area contributed by atoms with Crippen molar-refractivity contribution in [1.82, 2.24) is 15.8 Å². The van der Waals surface area contributed by atoms with Gasteiger partial charge in [0.05, 0.1) is 0 Å². The quantitative estimate of drug-likeness (QED) is 0.641. The Morgan fingerprint density at radius 1 is 1.28 bits per heavy atom. The second-order valence-electron chi connectivity index (χ2n) is 4.71. The van der Waals surface area contributed by atoms with Crippen LogP contribution in [0.25, 0.3) is 10.9 Å². The number of hydrogen-bond acceptors (Lipinski definition) is 3. The molecule has 3 rings (SSSR count). The van der Waals surface area contributed by atoms with Crippen molar-refractivity contribution in [3.05, 3.63) is 36.0 Å². The molecule has 1 saturated heterocycles. The predicted octanol–water partition coefficient (Wildman–Crippen LogP) is 1.20. The maximum Gasteiger partial charge on any atom is 0.322 e. The monoisotopic (exact) mass is 245 g/mol. The van der Waals surface area contributed by atoms with Gasteiger partial charge in [-0.25, -0.2) is 5.43 Å². The summed E-state index contributed by atoms with van der Waals surface area (Å²) >= 11 is 0. The SMILES string of the molecule is CC1NNC(C(=O)O)C1c1c[nH]c2ccccc12. The van der Waals surface area contributed by atoms with Crippen molar-refractivity contribution in [3.63, 3.8) is 0 Å². The Hall–Kier alpha value is -1.85. The van der Waals surface area contributed by atoms with Crippen LogP contribution in [0.3, 0.4) is 0 Å². The topological polar surface area (TPSA) is 77.2 Å². The van der Waals surface area contributed by atoms with Gasteiger partial charge in [0.15, 0.2) is 0 Å². The number of fused-ring (bicyclic) bond motifs is 1. The molecule has 1 aliphatic heterocycles. The molecule has 3 atom stereocenters. The highest BCUT2D eigenvalue weighted by molar-refractivity contribution is 5.85. The average Bonchev–Trinajstić information content (AvgIpc) is 2.92. The van der Waals surface area contributed by atoms with Crippen LogP contribution in [0.5, 0.6) is 0 Å². The first-order chi connectivity index (χ1) is 8.68. The van der Waals surface area contributed by atoms with Gasteiger partial charge >= 0.3 is 5.97 Å². The Kier molecular flexibility index (Phi) is 2.57. The fourth-order valence-corrected chi connectivity index (χ4v) is 2.72. The number of benzene rings is 1. The first-order valence-corrected chi connectivity index (χ1v) is 5.98. The number of carboxylic acid groups (broad SMARTS) is 1. The molecule has 2 heterocycles. The molecule has 0 spiro atoms. The Labute approximate surface area is 104 Å². The summed E-state index contributed by atoms with van der Waals surface area (Å²) in [5.74, 6) is -0.916. The number of carbonyl (C=O) groups is 1. The highest BCUT2D eigenvalue weighted by Crippen LogP contribution is 2.32. The zero-order valence-electron chi connectivity index (χ0n) is 9.97. The highest BCUT2D eigenvalue weighted by atomic mass is 16.4. The number of carboxylic acids is 1. The van der Waals surface area contributed by atoms with E-state index in [1.165, 1.54) is 0 Å². The van der Waals surface area contributed by atoms with Crippen molar-refractivity contribution < 1.29 is 9.90 Å². The van der Waals surface area contributed by atoms with E-state index in [1.54, 1.807) is 0 Å². The van der Waals surface area contributed by atoms with E-state index in [0.29, 0.717) is 0 Å². The second-order valence-corrected chi connectivity index (χ2v) is 4.71. The van der Waals surface area contributed by atoms with Gasteiger partial charge in [0.1, 0.15) is 6.04 Å². The number of para-hydroxylation sites is 1. The van der Waals surface area contributed by atoms with E-state index < -0.39 is 12.0 Å². The van der Waals surface area contributed by atoms with Gasteiger partial charge in [0.25, 0.3) is 0 Å². The van der Waals surface area contributed by atoms with E-state index in [4.69, 9.17) is 0 Å². The largest absolute Gasteiger partial charge is 0.480 e. The van der Waals surface area contributed by atoms with Gasteiger partial charge in [-0.3, -0.25) is 10.2 Å². The third-order valence-electron chi connectivity index (χ3n) is 3.61. The summed E-state index contributed by atoms with van der Waals surface area (Å²) in [6, 6.07) is 7.42. The Morgan fingerprint density at radius 3 is 2.83 bits per heavy atom. The van der Waals surface area contributed by atoms with E-state index >= 15 is 0 Å². The lowest BCUT2D eigenvalue weighted by atomic mass is 9.88. The second kappa shape index (κ2) is 4.12. The van der Waals surface area contributed by atoms with E-state index in [2.05, 4.69) is 15.8 Å². The molecule has 1 fully saturated rings. The summed E-state index contributed by atoms with van der Waals surface area (Å²) in [4.78, 5) is 14.5. The van der Waals surface area contributed by atoms with Crippen LogP contribution >= 0.6 is 0 Å². The van der Waals surface area contributed by atoms with E-state index in [-0.39, 0.29) is 12.0 Å². The lowest BCUT2D eigenvalue weighted by molar-refractivity contribution is -0.139. The van der Waals surface area contributed by atoms with Crippen molar-refractivity contribution >= 4 is 16.9 Å². The number of hydrogen-bond donors (Lipinski definition) is 4. The predicted molar refractivity (Wildman–Crippen MR) is 68.2 cm³/mol. The molecule has 5 heteroatoms. The van der Waals surface area contributed by atoms with E-state index in [0.717, 1.165) is 16.5 Å². The lowest BCUT2D eigenvalue weighted by Gasteiger charge is -2.17. The van der Waals surface area contributed by atoms with Crippen molar-refractivity contribution in [3.8, 4) is 0 Å². The molecule has 1 aromatic heterocycles. The summed E-state index contributed by atoms with van der Waals surface area (Å²) in [5.41, 5.74) is 7.94. The Bertz CT molecular complexity index is 593. The zero-order chi connectivity index (χ0) is 12.7. The van der Waals surface area contributed by atoms with Gasteiger partial charge in [0.2, 0.25) is 0 Å². The van der Waals surface area contributed by atoms with Gasteiger partial charge in [0, 0.05) is 29.1 Å². The minimum atomic E-state index is -0.831. The van der Waals surface area contributed by atoms with Crippen molar-refractivity contribution in [1.29, 1.82) is 0 Å². The minimum absolute atomic E-state index is 0.0744. The normalized spacial score (nSPS) is 27.7. The molecule has 3 unspecified atom stereocenters. The van der Waals surface area contributed by atoms with Crippen molar-refractivity contribution in [2.75, 3.05) is 0 Å². The van der Waals surface area contributed by atoms with Crippen LogP contribution in [0, 0.1) is 0 Å². The number of aliphatic carboxylic acids is 1. The molecular formula is C13H15N3O2. The average molecular weight is 245 g/mol. The first-order valence-electron chi connectivity index (χ1n) is 5.98. The fourth-order valence-electron chi connectivity index (χ4n) is 2.72. The van der Waals surface area contributed by atoms with Crippen LogP contribution in [-0.2, 0) is 4.79 Å². The van der Waals surface area contributed by atoms with Gasteiger partial charge in [-0.15, -0.1) is 0 Å². The molecule has 0 bridgehead atoms. The van der Waals surface area contributed by atoms with Gasteiger partial charge in [-0.1, -0.05) is 18.2 Å². The van der Waals surface area contributed by atoms with Crippen molar-refractivity contribution in [2.45, 2.75) is 24.9 Å². The smallest absolute Gasteiger partial charge is 0.322 e. The van der Waals surface area contributed by atoms with Crippen LogP contribution in [-0.4, -0.2) is 28.1 Å². The Morgan fingerprint density at radius 2 is 2.06 bits per heavy atom. The fraction of sp³-hybridized carbons (Fsp3) is 0.308. The molecule has 0 radical (unpaired) electrons. The van der Waals surface area contributed by atoms with E-state index in [1.807, 2.05) is 37.4 Å². The van der Waals surface area contributed by atoms with Crippen LogP contribution in [0.4, 0.5) is 0 Å². The van der Waals surface area contributed by atoms with Gasteiger partial charge in [-0.2, -0.15) is 0 Å². The minimum Gasteiger partial charge on any atom is -0.480 e. The molecule has 1 aliphatic rings. The summed E-state index contributed by atoms with van der Waals surface area (Å²) in [7, 11) is 0. The highest BCUT2D eigenvalue weighted by Gasteiger charge is 2.39. The molecular weight excluding hydrogens is 230 g/mol. The number of aromatic amines is 1. The Balaban J connectivity index is 2.10. The summed E-state index contributed by atoms with van der Waals surface area (Å²) in [5, 5.41) is 10.3. The molecule has 0 aliphatic carbocycles. The third-order valence-corrected chi connectivity index (χ3v) is 3.61.